The molecule has 0 saturated carbocycles. The minimum absolute atomic E-state index is 0.101. The number of hydrogen-bond donors (Lipinski definition) is 1. The third kappa shape index (κ3) is 8.48. The van der Waals surface area contributed by atoms with Gasteiger partial charge in [0.2, 0.25) is 0 Å². The van der Waals surface area contributed by atoms with Gasteiger partial charge in [-0.05, 0) is 59.9 Å². The van der Waals surface area contributed by atoms with Gasteiger partial charge >= 0.3 is 0 Å². The normalized spacial score (nSPS) is 16.5. The van der Waals surface area contributed by atoms with E-state index in [0.717, 1.165) is 22.8 Å². The fourth-order valence-corrected chi connectivity index (χ4v) is 6.97. The highest BCUT2D eigenvalue weighted by Gasteiger charge is 2.34. The molecule has 4 heterocycles. The summed E-state index contributed by atoms with van der Waals surface area (Å²) in [5.74, 6) is -0.812. The second-order valence-corrected chi connectivity index (χ2v) is 13.9. The highest BCUT2D eigenvalue weighted by molar-refractivity contribution is 5.98. The van der Waals surface area contributed by atoms with Crippen LogP contribution in [-0.2, 0) is 27.2 Å². The van der Waals surface area contributed by atoms with Crippen molar-refractivity contribution in [3.05, 3.63) is 118 Å². The Bertz CT molecular complexity index is 2330. The smallest absolute Gasteiger partial charge is 0.200 e. The number of nitriles is 1. The van der Waals surface area contributed by atoms with Gasteiger partial charge in [0.25, 0.3) is 0 Å². The first-order chi connectivity index (χ1) is 27.1. The molecule has 5 aromatic rings. The van der Waals surface area contributed by atoms with Crippen LogP contribution in [0.4, 0.5) is 14.6 Å². The van der Waals surface area contributed by atoms with Crippen LogP contribution in [0.1, 0.15) is 28.8 Å². The van der Waals surface area contributed by atoms with Crippen molar-refractivity contribution < 1.29 is 37.3 Å². The molecular weight excluding hydrogens is 722 g/mol. The van der Waals surface area contributed by atoms with Gasteiger partial charge in [-0.1, -0.05) is 30.3 Å². The predicted octanol–water partition coefficient (Wildman–Crippen LogP) is 6.65. The number of methoxy groups -OCH3 is 1. The van der Waals surface area contributed by atoms with Gasteiger partial charge in [-0.3, -0.25) is 9.59 Å². The van der Waals surface area contributed by atoms with Crippen molar-refractivity contribution in [2.45, 2.75) is 31.9 Å². The van der Waals surface area contributed by atoms with Gasteiger partial charge in [-0.15, -0.1) is 0 Å². The van der Waals surface area contributed by atoms with Crippen LogP contribution in [0.25, 0.3) is 33.4 Å². The van der Waals surface area contributed by atoms with Crippen molar-refractivity contribution in [2.24, 2.45) is 5.41 Å². The number of carbonyl (C=O) groups excluding carboxylic acids is 1. The summed E-state index contributed by atoms with van der Waals surface area (Å²) >= 11 is 0. The highest BCUT2D eigenvalue weighted by atomic mass is 19.1. The number of ketones is 1. The zero-order chi connectivity index (χ0) is 39.2. The summed E-state index contributed by atoms with van der Waals surface area (Å²) in [5.41, 5.74) is 8.10. The number of aromatic nitrogens is 2. The molecule has 13 heteroatoms. The number of carbonyl (C=O) groups is 1. The van der Waals surface area contributed by atoms with Crippen LogP contribution in [0.2, 0.25) is 0 Å². The van der Waals surface area contributed by atoms with E-state index in [1.807, 2.05) is 36.4 Å². The van der Waals surface area contributed by atoms with E-state index in [9.17, 15) is 19.2 Å². The second kappa shape index (κ2) is 16.8. The summed E-state index contributed by atoms with van der Waals surface area (Å²) in [7, 11) is 1.57. The maximum Gasteiger partial charge on any atom is 0.200 e. The van der Waals surface area contributed by atoms with Gasteiger partial charge in [0, 0.05) is 73.1 Å². The molecule has 1 atom stereocenters. The van der Waals surface area contributed by atoms with Crippen LogP contribution in [0, 0.1) is 28.4 Å². The molecule has 2 aliphatic rings. The number of nitrogen functional groups attached to an aromatic ring is 1. The number of nitrogens with zero attached hydrogens (tertiary/aromatic N) is 3. The fourth-order valence-electron chi connectivity index (χ4n) is 6.97. The largest absolute Gasteiger partial charge is 0.493 e. The Hall–Kier alpha value is -5.94. The van der Waals surface area contributed by atoms with E-state index in [1.165, 1.54) is 18.5 Å². The van der Waals surface area contributed by atoms with Crippen LogP contribution in [-0.4, -0.2) is 68.2 Å². The van der Waals surface area contributed by atoms with Crippen LogP contribution in [0.5, 0.6) is 11.5 Å². The first-order valence-corrected chi connectivity index (χ1v) is 18.2. The fraction of sp³-hybridized carbons (Fsp3) is 0.302. The molecule has 0 spiro atoms. The molecule has 0 amide bonds. The molecule has 7 rings (SSSR count). The third-order valence-electron chi connectivity index (χ3n) is 10.1. The molecule has 56 heavy (non-hydrogen) atoms. The summed E-state index contributed by atoms with van der Waals surface area (Å²) in [5, 5.41) is 10.1. The van der Waals surface area contributed by atoms with Crippen LogP contribution in [0.3, 0.4) is 0 Å². The zero-order valence-corrected chi connectivity index (χ0v) is 30.8. The summed E-state index contributed by atoms with van der Waals surface area (Å²) in [6.45, 7) is 2.84. The van der Waals surface area contributed by atoms with Gasteiger partial charge in [0.1, 0.15) is 30.2 Å². The molecule has 2 fully saturated rings. The SMILES string of the molecule is COc1cc(-c2cnc(N)c(-c3ccc(CC(=O)c4cn(CC5(C#N)CCOCC5)cc(-c5ccc(F)cc5F)c4=O)cc3)c2)ccc1OC[C@H]1COCCO1. The Labute approximate surface area is 322 Å². The van der Waals surface area contributed by atoms with E-state index in [0.29, 0.717) is 87.0 Å². The molecule has 3 aromatic carbocycles. The number of ether oxygens (including phenoxy) is 5. The molecule has 0 unspecified atom stereocenters. The van der Waals surface area contributed by atoms with Gasteiger partial charge < -0.3 is 34.0 Å². The van der Waals surface area contributed by atoms with E-state index in [-0.39, 0.29) is 35.8 Å². The Morgan fingerprint density at radius 3 is 2.43 bits per heavy atom. The Morgan fingerprint density at radius 2 is 1.71 bits per heavy atom. The molecule has 0 aliphatic carbocycles. The number of hydrogen-bond acceptors (Lipinski definition) is 10. The lowest BCUT2D eigenvalue weighted by Gasteiger charge is -2.31. The maximum absolute atomic E-state index is 15.0. The molecule has 288 valence electrons. The first kappa shape index (κ1) is 38.3. The third-order valence-corrected chi connectivity index (χ3v) is 10.1. The van der Waals surface area contributed by atoms with Crippen molar-refractivity contribution in [1.29, 1.82) is 5.26 Å². The van der Waals surface area contributed by atoms with E-state index in [1.54, 1.807) is 30.0 Å². The molecule has 2 aromatic heterocycles. The van der Waals surface area contributed by atoms with Crippen molar-refractivity contribution in [2.75, 3.05) is 52.5 Å². The average molecular weight is 763 g/mol. The standard InChI is InChI=1S/C43H40F2N4O7/c1-52-40-18-29(6-9-39(40)56-24-32-23-54-14-15-55-32)30-17-34(42(47)48-20-30)28-4-2-27(3-5-28)16-38(50)36-22-49(26-43(25-46)10-12-53-13-11-43)21-35(41(36)51)33-8-7-31(44)19-37(33)45/h2-9,17-22,32H,10-16,23-24,26H2,1H3,(H2,47,48)/t32-/m1/s1. The lowest BCUT2D eigenvalue weighted by atomic mass is 9.81. The number of nitrogens with two attached hydrogens (primary N) is 1. The van der Waals surface area contributed by atoms with Crippen LogP contribution in [0.15, 0.2) is 90.1 Å². The Kier molecular flexibility index (Phi) is 11.5. The number of Topliss-reactive ketones (excluding diaryl/α,β-unsaturated/α-hetero) is 1. The number of anilines is 1. The maximum atomic E-state index is 15.0. The topological polar surface area (TPSA) is 148 Å². The summed E-state index contributed by atoms with van der Waals surface area (Å²) in [4.78, 5) is 32.1. The monoisotopic (exact) mass is 762 g/mol. The molecule has 2 aliphatic heterocycles. The lowest BCUT2D eigenvalue weighted by molar-refractivity contribution is -0.101. The van der Waals surface area contributed by atoms with Crippen molar-refractivity contribution in [3.8, 4) is 50.9 Å². The van der Waals surface area contributed by atoms with E-state index in [4.69, 9.17) is 29.4 Å². The van der Waals surface area contributed by atoms with Crippen molar-refractivity contribution in [1.82, 2.24) is 9.55 Å². The predicted molar refractivity (Wildman–Crippen MR) is 204 cm³/mol. The van der Waals surface area contributed by atoms with Gasteiger partial charge in [-0.2, -0.15) is 5.26 Å². The molecule has 0 bridgehead atoms. The second-order valence-electron chi connectivity index (χ2n) is 13.9. The summed E-state index contributed by atoms with van der Waals surface area (Å²) in [6.07, 6.45) is 5.13. The highest BCUT2D eigenvalue weighted by Crippen LogP contribution is 2.36. The Balaban J connectivity index is 1.12. The molecular formula is C43H40F2N4O7. The van der Waals surface area contributed by atoms with Crippen LogP contribution < -0.4 is 20.6 Å². The van der Waals surface area contributed by atoms with Gasteiger partial charge in [0.05, 0.1) is 44.0 Å². The molecule has 2 N–H and O–H groups in total. The molecule has 0 radical (unpaired) electrons. The van der Waals surface area contributed by atoms with Crippen LogP contribution >= 0.6 is 0 Å². The molecule has 2 saturated heterocycles. The van der Waals surface area contributed by atoms with Crippen molar-refractivity contribution >= 4 is 11.6 Å². The van der Waals surface area contributed by atoms with Gasteiger partial charge in [-0.25, -0.2) is 13.8 Å². The van der Waals surface area contributed by atoms with Gasteiger partial charge in [0.15, 0.2) is 22.7 Å². The Morgan fingerprint density at radius 1 is 0.929 bits per heavy atom. The molecule has 11 nitrogen and oxygen atoms in total. The minimum atomic E-state index is -0.936. The van der Waals surface area contributed by atoms with Crippen molar-refractivity contribution in [3.63, 3.8) is 0 Å². The lowest BCUT2D eigenvalue weighted by Crippen LogP contribution is -2.33. The summed E-state index contributed by atoms with van der Waals surface area (Å²) in [6, 6.07) is 20.0. The van der Waals surface area contributed by atoms with E-state index >= 15 is 4.39 Å². The number of pyridine rings is 2. The quantitative estimate of drug-likeness (QED) is 0.137. The number of halogens is 2. The first-order valence-electron chi connectivity index (χ1n) is 18.2. The average Bonchev–Trinajstić information content (AvgIpc) is 3.22. The zero-order valence-electron chi connectivity index (χ0n) is 30.8. The van der Waals surface area contributed by atoms with E-state index in [2.05, 4.69) is 11.1 Å². The van der Waals surface area contributed by atoms with E-state index < -0.39 is 28.3 Å². The number of benzene rings is 3. The minimum Gasteiger partial charge on any atom is -0.493 e. The number of rotatable bonds is 12. The summed E-state index contributed by atoms with van der Waals surface area (Å²) < 4.78 is 58.6.